The van der Waals surface area contributed by atoms with E-state index in [1.807, 2.05) is 6.07 Å². The van der Waals surface area contributed by atoms with Gasteiger partial charge in [0.25, 0.3) is 0 Å². The van der Waals surface area contributed by atoms with Crippen LogP contribution < -0.4 is 5.63 Å². The van der Waals surface area contributed by atoms with Crippen LogP contribution in [0.4, 0.5) is 0 Å². The van der Waals surface area contributed by atoms with Crippen LogP contribution >= 0.6 is 0 Å². The van der Waals surface area contributed by atoms with E-state index < -0.39 is 5.63 Å². The third kappa shape index (κ3) is 2.40. The summed E-state index contributed by atoms with van der Waals surface area (Å²) in [6, 6.07) is 8.51. The van der Waals surface area contributed by atoms with Gasteiger partial charge in [-0.3, -0.25) is 9.97 Å². The molecule has 0 saturated carbocycles. The van der Waals surface area contributed by atoms with Crippen molar-refractivity contribution in [3.63, 3.8) is 0 Å². The van der Waals surface area contributed by atoms with E-state index in [1.165, 1.54) is 6.07 Å². The first-order chi connectivity index (χ1) is 9.33. The maximum absolute atomic E-state index is 11.6. The first-order valence-electron chi connectivity index (χ1n) is 5.66. The van der Waals surface area contributed by atoms with E-state index in [9.17, 15) is 4.79 Å². The fourth-order valence-electron chi connectivity index (χ4n) is 1.68. The molecule has 0 aliphatic heterocycles. The Bertz CT molecular complexity index is 679. The van der Waals surface area contributed by atoms with E-state index in [-0.39, 0.29) is 5.89 Å². The average Bonchev–Trinajstić information content (AvgIpc) is 2.48. The summed E-state index contributed by atoms with van der Waals surface area (Å²) in [7, 11) is 0. The van der Waals surface area contributed by atoms with Crippen LogP contribution in [0.3, 0.4) is 0 Å². The van der Waals surface area contributed by atoms with E-state index in [1.54, 1.807) is 43.0 Å². The fourth-order valence-corrected chi connectivity index (χ4v) is 1.68. The lowest BCUT2D eigenvalue weighted by Crippen LogP contribution is -2.02. The van der Waals surface area contributed by atoms with Crippen molar-refractivity contribution in [2.75, 3.05) is 0 Å². The van der Waals surface area contributed by atoms with Crippen LogP contribution in [0.25, 0.3) is 22.7 Å². The summed E-state index contributed by atoms with van der Waals surface area (Å²) >= 11 is 0. The fraction of sp³-hybridized carbons (Fsp3) is 0. The molecule has 0 aliphatic carbocycles. The number of hydrogen-bond acceptors (Lipinski definition) is 5. The van der Waals surface area contributed by atoms with Crippen molar-refractivity contribution in [1.82, 2.24) is 15.0 Å². The van der Waals surface area contributed by atoms with Gasteiger partial charge in [0.05, 0.1) is 17.3 Å². The molecule has 0 spiro atoms. The van der Waals surface area contributed by atoms with Crippen LogP contribution in [0, 0.1) is 0 Å². The summed E-state index contributed by atoms with van der Waals surface area (Å²) in [6.45, 7) is 0. The lowest BCUT2D eigenvalue weighted by molar-refractivity contribution is 0.508. The van der Waals surface area contributed by atoms with Crippen molar-refractivity contribution in [3.8, 4) is 22.7 Å². The van der Waals surface area contributed by atoms with E-state index in [4.69, 9.17) is 4.42 Å². The highest BCUT2D eigenvalue weighted by molar-refractivity contribution is 5.60. The third-order valence-corrected chi connectivity index (χ3v) is 2.54. The second-order valence-corrected chi connectivity index (χ2v) is 3.85. The van der Waals surface area contributed by atoms with E-state index in [0.717, 1.165) is 5.56 Å². The van der Waals surface area contributed by atoms with Crippen molar-refractivity contribution in [2.24, 2.45) is 0 Å². The molecule has 3 heterocycles. The minimum absolute atomic E-state index is 0.249. The summed E-state index contributed by atoms with van der Waals surface area (Å²) in [6.07, 6.45) is 6.55. The zero-order valence-electron chi connectivity index (χ0n) is 9.85. The van der Waals surface area contributed by atoms with Gasteiger partial charge in [-0.05, 0) is 24.3 Å². The van der Waals surface area contributed by atoms with Gasteiger partial charge in [-0.2, -0.15) is 0 Å². The molecule has 0 fully saturated rings. The summed E-state index contributed by atoms with van der Waals surface area (Å²) in [5.74, 6) is 0.249. The maximum atomic E-state index is 11.6. The van der Waals surface area contributed by atoms with Gasteiger partial charge < -0.3 is 4.42 Å². The Labute approximate surface area is 108 Å². The molecule has 0 radical (unpaired) electrons. The molecule has 0 aliphatic rings. The smallest absolute Gasteiger partial charge is 0.339 e. The Morgan fingerprint density at radius 3 is 2.26 bits per heavy atom. The molecule has 0 saturated heterocycles. The van der Waals surface area contributed by atoms with Crippen LogP contribution in [0.2, 0.25) is 0 Å². The number of hydrogen-bond donors (Lipinski definition) is 0. The summed E-state index contributed by atoms with van der Waals surface area (Å²) in [5.41, 5.74) is 1.50. The van der Waals surface area contributed by atoms with Gasteiger partial charge in [-0.1, -0.05) is 0 Å². The molecular weight excluding hydrogens is 242 g/mol. The highest BCUT2D eigenvalue weighted by Crippen LogP contribution is 2.19. The molecule has 92 valence electrons. The van der Waals surface area contributed by atoms with Crippen molar-refractivity contribution in [3.05, 3.63) is 65.5 Å². The largest absolute Gasteiger partial charge is 0.403 e. The van der Waals surface area contributed by atoms with Crippen molar-refractivity contribution < 1.29 is 4.42 Å². The first-order valence-corrected chi connectivity index (χ1v) is 5.66. The zero-order chi connectivity index (χ0) is 13.1. The van der Waals surface area contributed by atoms with Crippen molar-refractivity contribution >= 4 is 0 Å². The molecule has 5 heteroatoms. The van der Waals surface area contributed by atoms with E-state index in [2.05, 4.69) is 15.0 Å². The predicted molar refractivity (Wildman–Crippen MR) is 69.2 cm³/mol. The van der Waals surface area contributed by atoms with Crippen LogP contribution in [0.5, 0.6) is 0 Å². The van der Waals surface area contributed by atoms with Gasteiger partial charge >= 0.3 is 5.63 Å². The predicted octanol–water partition coefficient (Wildman–Crippen LogP) is 2.16. The lowest BCUT2D eigenvalue weighted by atomic mass is 10.2. The zero-order valence-corrected chi connectivity index (χ0v) is 9.85. The summed E-state index contributed by atoms with van der Waals surface area (Å²) in [5, 5.41) is 0. The average molecular weight is 251 g/mol. The van der Waals surface area contributed by atoms with Gasteiger partial charge in [0, 0.05) is 30.4 Å². The van der Waals surface area contributed by atoms with Crippen LogP contribution in [0.1, 0.15) is 0 Å². The SMILES string of the molecule is O=c1cc(-c2cccnc2)nc(-c2cccnc2)o1. The topological polar surface area (TPSA) is 68.9 Å². The molecule has 0 atom stereocenters. The minimum Gasteiger partial charge on any atom is -0.403 e. The Hall–Kier alpha value is -2.82. The maximum Gasteiger partial charge on any atom is 0.339 e. The van der Waals surface area contributed by atoms with Gasteiger partial charge in [0.15, 0.2) is 0 Å². The molecule has 0 N–H and O–H groups in total. The Balaban J connectivity index is 2.15. The second kappa shape index (κ2) is 4.81. The highest BCUT2D eigenvalue weighted by atomic mass is 16.4. The minimum atomic E-state index is -0.451. The van der Waals surface area contributed by atoms with Gasteiger partial charge in [-0.25, -0.2) is 9.78 Å². The quantitative estimate of drug-likeness (QED) is 0.698. The molecule has 0 aromatic carbocycles. The third-order valence-electron chi connectivity index (χ3n) is 2.54. The van der Waals surface area contributed by atoms with Gasteiger partial charge in [0.2, 0.25) is 5.89 Å². The van der Waals surface area contributed by atoms with Crippen molar-refractivity contribution in [2.45, 2.75) is 0 Å². The van der Waals surface area contributed by atoms with Crippen molar-refractivity contribution in [1.29, 1.82) is 0 Å². The molecule has 5 nitrogen and oxygen atoms in total. The molecular formula is C14H9N3O2. The number of pyridine rings is 2. The lowest BCUT2D eigenvalue weighted by Gasteiger charge is -2.02. The Morgan fingerprint density at radius 2 is 1.63 bits per heavy atom. The first kappa shape index (κ1) is 11.3. The molecule has 0 bridgehead atoms. The van der Waals surface area contributed by atoms with E-state index >= 15 is 0 Å². The van der Waals surface area contributed by atoms with Crippen LogP contribution in [-0.2, 0) is 0 Å². The van der Waals surface area contributed by atoms with Gasteiger partial charge in [-0.15, -0.1) is 0 Å². The van der Waals surface area contributed by atoms with Gasteiger partial charge in [0.1, 0.15) is 0 Å². The standard InChI is InChI=1S/C14H9N3O2/c18-13-7-12(10-3-1-5-15-8-10)17-14(19-13)11-4-2-6-16-9-11/h1-9H. The highest BCUT2D eigenvalue weighted by Gasteiger charge is 2.08. The molecule has 0 unspecified atom stereocenters. The molecule has 19 heavy (non-hydrogen) atoms. The number of aromatic nitrogens is 3. The number of rotatable bonds is 2. The molecule has 3 aromatic heterocycles. The normalized spacial score (nSPS) is 10.3. The Morgan fingerprint density at radius 1 is 0.947 bits per heavy atom. The van der Waals surface area contributed by atoms with E-state index in [0.29, 0.717) is 11.3 Å². The molecule has 3 rings (SSSR count). The Kier molecular flexibility index (Phi) is 2.86. The van der Waals surface area contributed by atoms with Crippen LogP contribution in [-0.4, -0.2) is 15.0 Å². The summed E-state index contributed by atoms with van der Waals surface area (Å²) < 4.78 is 5.10. The van der Waals surface area contributed by atoms with Crippen LogP contribution in [0.15, 0.2) is 64.3 Å². The summed E-state index contributed by atoms with van der Waals surface area (Å²) in [4.78, 5) is 23.9. The monoisotopic (exact) mass is 251 g/mol. The second-order valence-electron chi connectivity index (χ2n) is 3.85. The molecule has 0 amide bonds. The number of nitrogens with zero attached hydrogens (tertiary/aromatic N) is 3. The molecule has 3 aromatic rings.